The first-order valence-electron chi connectivity index (χ1n) is 7.65. The third kappa shape index (κ3) is 3.54. The summed E-state index contributed by atoms with van der Waals surface area (Å²) in [5, 5.41) is 5.98. The molecule has 3 N–H and O–H groups in total. The lowest BCUT2D eigenvalue weighted by atomic mass is 9.92. The molecule has 3 rings (SSSR count). The van der Waals surface area contributed by atoms with Gasteiger partial charge in [0.1, 0.15) is 23.8 Å². The monoisotopic (exact) mass is 367 g/mol. The van der Waals surface area contributed by atoms with E-state index in [1.807, 2.05) is 0 Å². The predicted molar refractivity (Wildman–Crippen MR) is 87.6 cm³/mol. The van der Waals surface area contributed by atoms with E-state index in [4.69, 9.17) is 10.5 Å². The number of ether oxygens (including phenoxy) is 1. The molecule has 1 aliphatic rings. The van der Waals surface area contributed by atoms with E-state index in [1.54, 1.807) is 6.92 Å². The third-order valence-corrected chi connectivity index (χ3v) is 3.87. The quantitative estimate of drug-likeness (QED) is 0.867. The maximum Gasteiger partial charge on any atom is 0.333 e. The summed E-state index contributed by atoms with van der Waals surface area (Å²) < 4.78 is 45.1. The molecule has 2 aromatic rings. The number of benzene rings is 1. The van der Waals surface area contributed by atoms with Crippen LogP contribution < -0.4 is 11.1 Å². The van der Waals surface area contributed by atoms with Gasteiger partial charge in [0.15, 0.2) is 5.69 Å². The molecule has 0 aliphatic carbocycles. The molecule has 138 valence electrons. The molecule has 0 spiro atoms. The zero-order valence-electron chi connectivity index (χ0n) is 13.7. The number of nitrogens with two attached hydrogens (primary N) is 1. The zero-order chi connectivity index (χ0) is 18.9. The number of rotatable bonds is 4. The summed E-state index contributed by atoms with van der Waals surface area (Å²) in [5.74, 6) is -0.991. The van der Waals surface area contributed by atoms with E-state index in [2.05, 4.69) is 15.4 Å². The van der Waals surface area contributed by atoms with E-state index in [9.17, 15) is 18.0 Å². The number of anilines is 1. The minimum absolute atomic E-state index is 0.126. The molecule has 1 aromatic carbocycles. The van der Waals surface area contributed by atoms with Gasteiger partial charge in [-0.05, 0) is 31.2 Å². The molecule has 26 heavy (non-hydrogen) atoms. The molecule has 0 unspecified atom stereocenters. The summed E-state index contributed by atoms with van der Waals surface area (Å²) >= 11 is 0. The maximum atomic E-state index is 14.3. The van der Waals surface area contributed by atoms with E-state index in [0.29, 0.717) is 4.68 Å². The number of hydrogen-bond acceptors (Lipinski definition) is 5. The van der Waals surface area contributed by atoms with Gasteiger partial charge in [-0.25, -0.2) is 9.07 Å². The van der Waals surface area contributed by atoms with Gasteiger partial charge in [0.25, 0.3) is 5.91 Å². The highest BCUT2D eigenvalue weighted by molar-refractivity contribution is 6.02. The minimum Gasteiger partial charge on any atom is -0.386 e. The van der Waals surface area contributed by atoms with Crippen LogP contribution in [0.25, 0.3) is 0 Å². The molecule has 1 atom stereocenters. The molecule has 0 radical (unpaired) electrons. The van der Waals surface area contributed by atoms with Crippen molar-refractivity contribution in [1.82, 2.24) is 9.78 Å². The Hall–Kier alpha value is -2.88. The molecule has 1 aromatic heterocycles. The fraction of sp³-hybridized carbons (Fsp3) is 0.312. The number of nitrogens with one attached hydrogen (secondary N) is 1. The summed E-state index contributed by atoms with van der Waals surface area (Å²) in [6.45, 7) is -0.891. The van der Waals surface area contributed by atoms with Crippen LogP contribution in [0.1, 0.15) is 29.5 Å². The maximum absolute atomic E-state index is 14.3. The first-order chi connectivity index (χ1) is 12.3. The van der Waals surface area contributed by atoms with Crippen molar-refractivity contribution in [2.45, 2.75) is 19.0 Å². The summed E-state index contributed by atoms with van der Waals surface area (Å²) in [7, 11) is 0. The minimum atomic E-state index is -2.84. The van der Waals surface area contributed by atoms with Crippen LogP contribution in [-0.2, 0) is 10.3 Å². The Morgan fingerprint density at radius 2 is 2.19 bits per heavy atom. The molecule has 10 heteroatoms. The first kappa shape index (κ1) is 17.9. The van der Waals surface area contributed by atoms with Crippen molar-refractivity contribution in [3.8, 4) is 0 Å². The molecular weight excluding hydrogens is 351 g/mol. The first-order valence-corrected chi connectivity index (χ1v) is 7.65. The Labute approximate surface area is 146 Å². The second-order valence-corrected chi connectivity index (χ2v) is 5.98. The fourth-order valence-electron chi connectivity index (χ4n) is 2.65. The summed E-state index contributed by atoms with van der Waals surface area (Å²) in [6, 6.07) is 5.09. The zero-order valence-corrected chi connectivity index (χ0v) is 13.7. The Morgan fingerprint density at radius 1 is 1.42 bits per heavy atom. The van der Waals surface area contributed by atoms with Gasteiger partial charge in [-0.2, -0.15) is 13.9 Å². The van der Waals surface area contributed by atoms with Gasteiger partial charge in [0.2, 0.25) is 0 Å². The van der Waals surface area contributed by atoms with Crippen LogP contribution in [-0.4, -0.2) is 34.7 Å². The number of aromatic nitrogens is 2. The van der Waals surface area contributed by atoms with E-state index < -0.39 is 23.8 Å². The van der Waals surface area contributed by atoms with Crippen molar-refractivity contribution < 1.29 is 22.7 Å². The molecule has 0 bridgehead atoms. The van der Waals surface area contributed by atoms with Crippen molar-refractivity contribution in [2.24, 2.45) is 10.7 Å². The molecule has 1 amide bonds. The van der Waals surface area contributed by atoms with Crippen molar-refractivity contribution in [3.05, 3.63) is 47.5 Å². The number of carbonyl (C=O) groups is 1. The number of nitrogens with zero attached hydrogens (tertiary/aromatic N) is 3. The molecule has 0 saturated heterocycles. The largest absolute Gasteiger partial charge is 0.386 e. The van der Waals surface area contributed by atoms with Crippen LogP contribution in [0.5, 0.6) is 0 Å². The molecule has 0 saturated carbocycles. The predicted octanol–water partition coefficient (Wildman–Crippen LogP) is 2.27. The second-order valence-electron chi connectivity index (χ2n) is 5.98. The topological polar surface area (TPSA) is 94.5 Å². The van der Waals surface area contributed by atoms with E-state index >= 15 is 0 Å². The third-order valence-electron chi connectivity index (χ3n) is 3.87. The van der Waals surface area contributed by atoms with Gasteiger partial charge in [-0.3, -0.25) is 9.79 Å². The van der Waals surface area contributed by atoms with Crippen LogP contribution in [0.3, 0.4) is 0 Å². The number of alkyl halides is 2. The highest BCUT2D eigenvalue weighted by Gasteiger charge is 2.33. The summed E-state index contributed by atoms with van der Waals surface area (Å²) in [4.78, 5) is 16.4. The van der Waals surface area contributed by atoms with Crippen molar-refractivity contribution >= 4 is 17.4 Å². The van der Waals surface area contributed by atoms with Crippen LogP contribution in [0.15, 0.2) is 35.5 Å². The summed E-state index contributed by atoms with van der Waals surface area (Å²) in [6.07, 6.45) is 0.994. The number of halogens is 3. The highest BCUT2D eigenvalue weighted by Crippen LogP contribution is 2.32. The fourth-order valence-corrected chi connectivity index (χ4v) is 2.65. The van der Waals surface area contributed by atoms with Crippen molar-refractivity contribution in [3.63, 3.8) is 0 Å². The Bertz CT molecular complexity index is 867. The van der Waals surface area contributed by atoms with Crippen LogP contribution >= 0.6 is 0 Å². The smallest absolute Gasteiger partial charge is 0.333 e. The highest BCUT2D eigenvalue weighted by atomic mass is 19.3. The number of carbonyl (C=O) groups excluding carboxylic acids is 1. The molecule has 2 heterocycles. The average Bonchev–Trinajstić information content (AvgIpc) is 3.07. The number of aliphatic imine (C=N–C) groups is 1. The number of amides is 1. The molecular formula is C16H16F3N5O2. The van der Waals surface area contributed by atoms with Crippen LogP contribution in [0.4, 0.5) is 18.9 Å². The molecule has 1 aliphatic heterocycles. The van der Waals surface area contributed by atoms with Crippen LogP contribution in [0.2, 0.25) is 0 Å². The lowest BCUT2D eigenvalue weighted by Crippen LogP contribution is -2.38. The molecule has 7 nitrogen and oxygen atoms in total. The average molecular weight is 367 g/mol. The van der Waals surface area contributed by atoms with Gasteiger partial charge in [-0.15, -0.1) is 0 Å². The molecule has 0 fully saturated rings. The van der Waals surface area contributed by atoms with Gasteiger partial charge < -0.3 is 15.8 Å². The van der Waals surface area contributed by atoms with Gasteiger partial charge >= 0.3 is 6.55 Å². The Morgan fingerprint density at radius 3 is 2.85 bits per heavy atom. The second kappa shape index (κ2) is 6.79. The van der Waals surface area contributed by atoms with E-state index in [-0.39, 0.29) is 36.0 Å². The number of hydrogen-bond donors (Lipinski definition) is 2. The SMILES string of the molecule is C[C@@]1(c2cc(NC(=O)c3ccn(C(F)F)n3)ccc2F)COCC(N)=N1. The van der Waals surface area contributed by atoms with Crippen molar-refractivity contribution in [1.29, 1.82) is 0 Å². The Balaban J connectivity index is 1.85. The summed E-state index contributed by atoms with van der Waals surface area (Å²) in [5.41, 5.74) is 4.91. The normalized spacial score (nSPS) is 20.1. The van der Waals surface area contributed by atoms with E-state index in [1.165, 1.54) is 18.2 Å². The van der Waals surface area contributed by atoms with Gasteiger partial charge in [0.05, 0.1) is 6.61 Å². The van der Waals surface area contributed by atoms with Gasteiger partial charge in [-0.1, -0.05) is 0 Å². The van der Waals surface area contributed by atoms with E-state index in [0.717, 1.165) is 12.3 Å². The van der Waals surface area contributed by atoms with Crippen molar-refractivity contribution in [2.75, 3.05) is 18.5 Å². The number of amidine groups is 1. The lowest BCUT2D eigenvalue weighted by molar-refractivity contribution is 0.0561. The van der Waals surface area contributed by atoms with Crippen LogP contribution in [0, 0.1) is 5.82 Å². The standard InChI is InChI=1S/C16H16F3N5O2/c1-16(8-26-7-13(20)22-16)10-6-9(2-3-11(10)17)21-14(25)12-4-5-24(23-12)15(18)19/h2-6,15H,7-8H2,1H3,(H2,20,22)(H,21,25)/t16-/m0/s1. The Kier molecular flexibility index (Phi) is 4.68. The lowest BCUT2D eigenvalue weighted by Gasteiger charge is -2.30. The van der Waals surface area contributed by atoms with Gasteiger partial charge in [0, 0.05) is 17.4 Å².